The number of halogens is 3. The molecule has 0 fully saturated rings. The quantitative estimate of drug-likeness (QED) is 0.604. The highest BCUT2D eigenvalue weighted by molar-refractivity contribution is 4.51. The summed E-state index contributed by atoms with van der Waals surface area (Å²) >= 11 is 0. The van der Waals surface area contributed by atoms with E-state index < -0.39 is 12.8 Å². The molecule has 0 saturated carbocycles. The fourth-order valence-electron chi connectivity index (χ4n) is 1.29. The molecule has 104 valence electrons. The maximum absolute atomic E-state index is 11.7. The van der Waals surface area contributed by atoms with Crippen LogP contribution in [0.3, 0.4) is 0 Å². The van der Waals surface area contributed by atoms with Crippen LogP contribution in [0.25, 0.3) is 0 Å². The number of hydrogen-bond acceptors (Lipinski definition) is 3. The van der Waals surface area contributed by atoms with Gasteiger partial charge in [-0.2, -0.15) is 13.2 Å². The number of alkyl halides is 3. The second-order valence-corrected chi connectivity index (χ2v) is 4.28. The van der Waals surface area contributed by atoms with Gasteiger partial charge in [0.15, 0.2) is 0 Å². The van der Waals surface area contributed by atoms with Gasteiger partial charge in [0.05, 0.1) is 0 Å². The van der Waals surface area contributed by atoms with Crippen LogP contribution in [0.5, 0.6) is 0 Å². The summed E-state index contributed by atoms with van der Waals surface area (Å²) in [5.41, 5.74) is 0. The van der Waals surface area contributed by atoms with Crippen molar-refractivity contribution >= 4 is 0 Å². The summed E-state index contributed by atoms with van der Waals surface area (Å²) in [6, 6.07) is 0. The van der Waals surface area contributed by atoms with Gasteiger partial charge in [0.2, 0.25) is 0 Å². The first-order chi connectivity index (χ1) is 7.92. The number of ether oxygens (including phenoxy) is 1. The number of hydrogen-bond donors (Lipinski definition) is 1. The van der Waals surface area contributed by atoms with Crippen LogP contribution in [-0.2, 0) is 4.74 Å². The molecule has 0 aliphatic heterocycles. The maximum atomic E-state index is 11.7. The van der Waals surface area contributed by atoms with Crippen molar-refractivity contribution in [3.8, 4) is 0 Å². The first kappa shape index (κ1) is 16.7. The average Bonchev–Trinajstić information content (AvgIpc) is 2.18. The van der Waals surface area contributed by atoms with E-state index in [4.69, 9.17) is 0 Å². The summed E-state index contributed by atoms with van der Waals surface area (Å²) in [5, 5.41) is 3.18. The van der Waals surface area contributed by atoms with Gasteiger partial charge in [-0.3, -0.25) is 0 Å². The van der Waals surface area contributed by atoms with Crippen LogP contribution >= 0.6 is 0 Å². The summed E-state index contributed by atoms with van der Waals surface area (Å²) in [5.74, 6) is 0. The minimum absolute atomic E-state index is 0.157. The highest BCUT2D eigenvalue weighted by Gasteiger charge is 2.26. The fourth-order valence-corrected chi connectivity index (χ4v) is 1.29. The summed E-state index contributed by atoms with van der Waals surface area (Å²) in [7, 11) is 4.07. The predicted octanol–water partition coefficient (Wildman–Crippen LogP) is 1.89. The summed E-state index contributed by atoms with van der Waals surface area (Å²) in [6.45, 7) is 1.70. The summed E-state index contributed by atoms with van der Waals surface area (Å²) in [4.78, 5) is 2.13. The monoisotopic (exact) mass is 256 g/mol. The van der Waals surface area contributed by atoms with E-state index in [-0.39, 0.29) is 6.61 Å². The Morgan fingerprint density at radius 2 is 1.71 bits per heavy atom. The van der Waals surface area contributed by atoms with E-state index in [0.717, 1.165) is 25.9 Å². The third-order valence-electron chi connectivity index (χ3n) is 2.12. The Kier molecular flexibility index (Phi) is 9.49. The largest absolute Gasteiger partial charge is 0.411 e. The standard InChI is InChI=1S/C11H23F3N2O/c1-16(2)8-4-3-6-15-7-5-9-17-10-11(12,13)14/h15H,3-10H2,1-2H3. The molecule has 0 bridgehead atoms. The molecule has 0 saturated heterocycles. The van der Waals surface area contributed by atoms with E-state index in [2.05, 4.69) is 15.0 Å². The van der Waals surface area contributed by atoms with Gasteiger partial charge in [-0.05, 0) is 53.0 Å². The van der Waals surface area contributed by atoms with Crippen LogP contribution < -0.4 is 5.32 Å². The lowest BCUT2D eigenvalue weighted by Crippen LogP contribution is -2.22. The van der Waals surface area contributed by atoms with Crippen LogP contribution in [-0.4, -0.2) is 58.0 Å². The zero-order valence-corrected chi connectivity index (χ0v) is 10.6. The predicted molar refractivity (Wildman–Crippen MR) is 62.1 cm³/mol. The second kappa shape index (κ2) is 9.67. The molecule has 0 unspecified atom stereocenters. The molecule has 0 spiro atoms. The molecular formula is C11H23F3N2O. The minimum atomic E-state index is -4.21. The molecule has 0 atom stereocenters. The van der Waals surface area contributed by atoms with Crippen molar-refractivity contribution in [1.29, 1.82) is 0 Å². The van der Waals surface area contributed by atoms with Gasteiger partial charge in [0, 0.05) is 6.61 Å². The van der Waals surface area contributed by atoms with Crippen molar-refractivity contribution in [2.75, 3.05) is 46.9 Å². The van der Waals surface area contributed by atoms with Crippen LogP contribution in [0, 0.1) is 0 Å². The third kappa shape index (κ3) is 15.7. The van der Waals surface area contributed by atoms with E-state index in [1.54, 1.807) is 0 Å². The molecule has 1 N–H and O–H groups in total. The van der Waals surface area contributed by atoms with Crippen molar-refractivity contribution in [3.63, 3.8) is 0 Å². The molecule has 0 rings (SSSR count). The molecule has 0 amide bonds. The topological polar surface area (TPSA) is 24.5 Å². The van der Waals surface area contributed by atoms with E-state index in [0.29, 0.717) is 13.0 Å². The van der Waals surface area contributed by atoms with Gasteiger partial charge in [-0.25, -0.2) is 0 Å². The van der Waals surface area contributed by atoms with E-state index >= 15 is 0 Å². The normalized spacial score (nSPS) is 12.4. The van der Waals surface area contributed by atoms with E-state index in [1.165, 1.54) is 0 Å². The first-order valence-electron chi connectivity index (χ1n) is 5.92. The fraction of sp³-hybridized carbons (Fsp3) is 1.00. The van der Waals surface area contributed by atoms with Gasteiger partial charge in [0.25, 0.3) is 0 Å². The molecule has 6 heteroatoms. The van der Waals surface area contributed by atoms with Crippen molar-refractivity contribution in [2.45, 2.75) is 25.4 Å². The van der Waals surface area contributed by atoms with E-state index in [1.807, 2.05) is 14.1 Å². The lowest BCUT2D eigenvalue weighted by molar-refractivity contribution is -0.173. The maximum Gasteiger partial charge on any atom is 0.411 e. The summed E-state index contributed by atoms with van der Waals surface area (Å²) in [6.07, 6.45) is -1.38. The van der Waals surface area contributed by atoms with Crippen molar-refractivity contribution in [3.05, 3.63) is 0 Å². The van der Waals surface area contributed by atoms with Gasteiger partial charge >= 0.3 is 6.18 Å². The zero-order chi connectivity index (χ0) is 13.1. The van der Waals surface area contributed by atoms with Crippen LogP contribution in [0.2, 0.25) is 0 Å². The molecule has 0 aromatic heterocycles. The van der Waals surface area contributed by atoms with Gasteiger partial charge in [-0.1, -0.05) is 0 Å². The van der Waals surface area contributed by atoms with Gasteiger partial charge in [-0.15, -0.1) is 0 Å². The van der Waals surface area contributed by atoms with Crippen LogP contribution in [0.4, 0.5) is 13.2 Å². The molecule has 3 nitrogen and oxygen atoms in total. The molecule has 0 heterocycles. The van der Waals surface area contributed by atoms with Crippen LogP contribution in [0.1, 0.15) is 19.3 Å². The molecule has 0 radical (unpaired) electrons. The Balaban J connectivity index is 3.04. The number of rotatable bonds is 10. The smallest absolute Gasteiger partial charge is 0.372 e. The first-order valence-corrected chi connectivity index (χ1v) is 5.92. The lowest BCUT2D eigenvalue weighted by Gasteiger charge is -2.10. The zero-order valence-electron chi connectivity index (χ0n) is 10.6. The lowest BCUT2D eigenvalue weighted by atomic mass is 10.3. The Bertz CT molecular complexity index is 175. The van der Waals surface area contributed by atoms with Gasteiger partial charge in [0.1, 0.15) is 6.61 Å². The molecule has 17 heavy (non-hydrogen) atoms. The Hall–Kier alpha value is -0.330. The molecular weight excluding hydrogens is 233 g/mol. The molecule has 0 aliphatic carbocycles. The number of nitrogens with one attached hydrogen (secondary N) is 1. The van der Waals surface area contributed by atoms with Gasteiger partial charge < -0.3 is 15.0 Å². The SMILES string of the molecule is CN(C)CCCCNCCCOCC(F)(F)F. The average molecular weight is 256 g/mol. The van der Waals surface area contributed by atoms with Crippen molar-refractivity contribution < 1.29 is 17.9 Å². The molecule has 0 aromatic carbocycles. The van der Waals surface area contributed by atoms with Crippen molar-refractivity contribution in [2.24, 2.45) is 0 Å². The second-order valence-electron chi connectivity index (χ2n) is 4.28. The summed E-state index contributed by atoms with van der Waals surface area (Å²) < 4.78 is 39.6. The van der Waals surface area contributed by atoms with Crippen LogP contribution in [0.15, 0.2) is 0 Å². The Morgan fingerprint density at radius 3 is 2.29 bits per heavy atom. The third-order valence-corrected chi connectivity index (χ3v) is 2.12. The van der Waals surface area contributed by atoms with E-state index in [9.17, 15) is 13.2 Å². The minimum Gasteiger partial charge on any atom is -0.372 e. The highest BCUT2D eigenvalue weighted by atomic mass is 19.4. The number of nitrogens with zero attached hydrogens (tertiary/aromatic N) is 1. The Labute approximate surface area is 101 Å². The number of unbranched alkanes of at least 4 members (excludes halogenated alkanes) is 1. The Morgan fingerprint density at radius 1 is 1.06 bits per heavy atom. The highest BCUT2D eigenvalue weighted by Crippen LogP contribution is 2.14. The molecule has 0 aliphatic rings. The van der Waals surface area contributed by atoms with Crippen molar-refractivity contribution in [1.82, 2.24) is 10.2 Å². The molecule has 0 aromatic rings.